The monoisotopic (exact) mass is 411 g/mol. The fraction of sp³-hybridized carbons (Fsp3) is 0.368. The quantitative estimate of drug-likeness (QED) is 0.697. The van der Waals surface area contributed by atoms with Gasteiger partial charge in [0.25, 0.3) is 11.8 Å². The summed E-state index contributed by atoms with van der Waals surface area (Å²) in [4.78, 5) is 25.2. The molecule has 1 heterocycles. The Kier molecular flexibility index (Phi) is 7.30. The molecule has 27 heavy (non-hydrogen) atoms. The van der Waals surface area contributed by atoms with Crippen LogP contribution in [0, 0.1) is 12.8 Å². The summed E-state index contributed by atoms with van der Waals surface area (Å²) in [6, 6.07) is 6.45. The number of halogens is 2. The van der Waals surface area contributed by atoms with Crippen molar-refractivity contribution in [3.63, 3.8) is 0 Å². The molecule has 1 aliphatic rings. The maximum atomic E-state index is 12.8. The highest BCUT2D eigenvalue weighted by Gasteiger charge is 2.28. The first-order valence-electron chi connectivity index (χ1n) is 8.65. The third-order valence-electron chi connectivity index (χ3n) is 4.86. The summed E-state index contributed by atoms with van der Waals surface area (Å²) in [6.45, 7) is 2.25. The first kappa shape index (κ1) is 21.3. The SMILES string of the molecule is Cc1occc1C(=O)Nc1cc(Cl)ccc1C(=O)NC1CCCC1CN.Cl. The normalized spacial score (nSPS) is 18.6. The third kappa shape index (κ3) is 4.83. The van der Waals surface area contributed by atoms with Crippen LogP contribution in [0.25, 0.3) is 0 Å². The van der Waals surface area contributed by atoms with Gasteiger partial charge in [0.15, 0.2) is 0 Å². The fourth-order valence-corrected chi connectivity index (χ4v) is 3.56. The molecule has 8 heteroatoms. The number of rotatable bonds is 5. The second kappa shape index (κ2) is 9.26. The van der Waals surface area contributed by atoms with Gasteiger partial charge in [0.05, 0.1) is 23.1 Å². The Morgan fingerprint density at radius 2 is 2.00 bits per heavy atom. The Labute approximate surface area is 169 Å². The molecule has 0 bridgehead atoms. The van der Waals surface area contributed by atoms with Crippen LogP contribution in [0.4, 0.5) is 5.69 Å². The Hall–Kier alpha value is -2.02. The lowest BCUT2D eigenvalue weighted by molar-refractivity contribution is 0.0929. The zero-order chi connectivity index (χ0) is 18.7. The molecule has 1 aromatic heterocycles. The highest BCUT2D eigenvalue weighted by atomic mass is 35.5. The maximum Gasteiger partial charge on any atom is 0.259 e. The van der Waals surface area contributed by atoms with Gasteiger partial charge in [-0.1, -0.05) is 18.0 Å². The van der Waals surface area contributed by atoms with Crippen molar-refractivity contribution in [2.45, 2.75) is 32.2 Å². The Bertz CT molecular complexity index is 822. The van der Waals surface area contributed by atoms with Gasteiger partial charge in [0, 0.05) is 11.1 Å². The molecule has 0 saturated heterocycles. The van der Waals surface area contributed by atoms with Crippen LogP contribution in [0.3, 0.4) is 0 Å². The number of carbonyl (C=O) groups is 2. The van der Waals surface area contributed by atoms with E-state index < -0.39 is 0 Å². The van der Waals surface area contributed by atoms with Crippen LogP contribution < -0.4 is 16.4 Å². The van der Waals surface area contributed by atoms with Crippen LogP contribution >= 0.6 is 24.0 Å². The van der Waals surface area contributed by atoms with Gasteiger partial charge in [-0.25, -0.2) is 0 Å². The van der Waals surface area contributed by atoms with Gasteiger partial charge in [0.2, 0.25) is 0 Å². The molecule has 1 saturated carbocycles. The van der Waals surface area contributed by atoms with Crippen LogP contribution in [-0.2, 0) is 0 Å². The van der Waals surface area contributed by atoms with Crippen molar-refractivity contribution in [3.8, 4) is 0 Å². The lowest BCUT2D eigenvalue weighted by atomic mass is 10.0. The smallest absolute Gasteiger partial charge is 0.259 e. The highest BCUT2D eigenvalue weighted by Crippen LogP contribution is 2.27. The van der Waals surface area contributed by atoms with E-state index in [1.165, 1.54) is 6.26 Å². The first-order valence-corrected chi connectivity index (χ1v) is 9.03. The van der Waals surface area contributed by atoms with E-state index in [-0.39, 0.29) is 36.2 Å². The summed E-state index contributed by atoms with van der Waals surface area (Å²) in [7, 11) is 0. The van der Waals surface area contributed by atoms with Crippen LogP contribution in [0.5, 0.6) is 0 Å². The van der Waals surface area contributed by atoms with Gasteiger partial charge >= 0.3 is 0 Å². The van der Waals surface area contributed by atoms with E-state index in [0.717, 1.165) is 19.3 Å². The molecule has 3 rings (SSSR count). The molecule has 0 aliphatic heterocycles. The van der Waals surface area contributed by atoms with Crippen molar-refractivity contribution in [1.29, 1.82) is 0 Å². The molecule has 1 fully saturated rings. The standard InChI is InChI=1S/C19H22ClN3O3.ClH/c1-11-14(7-8-26-11)18(24)23-17-9-13(20)5-6-15(17)19(25)22-16-4-2-3-12(16)10-21;/h5-9,12,16H,2-4,10,21H2,1H3,(H,22,25)(H,23,24);1H. The van der Waals surface area contributed by atoms with E-state index in [1.807, 2.05) is 0 Å². The van der Waals surface area contributed by atoms with E-state index in [9.17, 15) is 9.59 Å². The summed E-state index contributed by atoms with van der Waals surface area (Å²) >= 11 is 6.06. The van der Waals surface area contributed by atoms with Crippen molar-refractivity contribution in [2.75, 3.05) is 11.9 Å². The number of benzene rings is 1. The number of furan rings is 1. The number of nitrogens with one attached hydrogen (secondary N) is 2. The molecule has 146 valence electrons. The molecule has 2 unspecified atom stereocenters. The topological polar surface area (TPSA) is 97.4 Å². The second-order valence-electron chi connectivity index (χ2n) is 6.54. The summed E-state index contributed by atoms with van der Waals surface area (Å²) in [5.74, 6) is 0.199. The molecule has 1 aromatic carbocycles. The van der Waals surface area contributed by atoms with E-state index >= 15 is 0 Å². The van der Waals surface area contributed by atoms with Crippen molar-refractivity contribution in [2.24, 2.45) is 11.7 Å². The van der Waals surface area contributed by atoms with E-state index in [2.05, 4.69) is 10.6 Å². The van der Waals surface area contributed by atoms with E-state index in [4.69, 9.17) is 21.8 Å². The van der Waals surface area contributed by atoms with Gasteiger partial charge in [-0.3, -0.25) is 9.59 Å². The lowest BCUT2D eigenvalue weighted by Gasteiger charge is -2.20. The average molecular weight is 412 g/mol. The Morgan fingerprint density at radius 1 is 1.22 bits per heavy atom. The van der Waals surface area contributed by atoms with Crippen molar-refractivity contribution in [1.82, 2.24) is 5.32 Å². The van der Waals surface area contributed by atoms with E-state index in [1.54, 1.807) is 31.2 Å². The van der Waals surface area contributed by atoms with Crippen LogP contribution in [0.1, 0.15) is 45.7 Å². The number of aryl methyl sites for hydroxylation is 1. The minimum atomic E-state index is -0.353. The minimum absolute atomic E-state index is 0. The number of amides is 2. The maximum absolute atomic E-state index is 12.8. The molecule has 2 atom stereocenters. The molecule has 4 N–H and O–H groups in total. The number of carbonyl (C=O) groups excluding carboxylic acids is 2. The summed E-state index contributed by atoms with van der Waals surface area (Å²) in [5.41, 5.74) is 6.93. The largest absolute Gasteiger partial charge is 0.469 e. The van der Waals surface area contributed by atoms with Crippen molar-refractivity contribution in [3.05, 3.63) is 52.4 Å². The zero-order valence-electron chi connectivity index (χ0n) is 15.0. The summed E-state index contributed by atoms with van der Waals surface area (Å²) in [6.07, 6.45) is 4.43. The molecule has 1 aliphatic carbocycles. The van der Waals surface area contributed by atoms with Gasteiger partial charge in [0.1, 0.15) is 5.76 Å². The van der Waals surface area contributed by atoms with Crippen molar-refractivity contribution < 1.29 is 14.0 Å². The molecule has 2 amide bonds. The van der Waals surface area contributed by atoms with Crippen molar-refractivity contribution >= 4 is 41.5 Å². The molecule has 6 nitrogen and oxygen atoms in total. The van der Waals surface area contributed by atoms with Gasteiger partial charge < -0.3 is 20.8 Å². The lowest BCUT2D eigenvalue weighted by Crippen LogP contribution is -2.40. The third-order valence-corrected chi connectivity index (χ3v) is 5.09. The van der Waals surface area contributed by atoms with E-state index in [0.29, 0.717) is 34.1 Å². The predicted molar refractivity (Wildman–Crippen MR) is 108 cm³/mol. The molecular weight excluding hydrogens is 389 g/mol. The predicted octanol–water partition coefficient (Wildman–Crippen LogP) is 3.77. The van der Waals surface area contributed by atoms with Crippen LogP contribution in [0.2, 0.25) is 5.02 Å². The minimum Gasteiger partial charge on any atom is -0.469 e. The molecule has 0 radical (unpaired) electrons. The average Bonchev–Trinajstić information content (AvgIpc) is 3.23. The first-order chi connectivity index (χ1) is 12.5. The van der Waals surface area contributed by atoms with Crippen LogP contribution in [0.15, 0.2) is 34.9 Å². The Morgan fingerprint density at radius 3 is 2.67 bits per heavy atom. The highest BCUT2D eigenvalue weighted by molar-refractivity contribution is 6.31. The van der Waals surface area contributed by atoms with Gasteiger partial charge in [-0.15, -0.1) is 12.4 Å². The number of nitrogens with two attached hydrogens (primary N) is 1. The Balaban J connectivity index is 0.00000261. The fourth-order valence-electron chi connectivity index (χ4n) is 3.38. The molecular formula is C19H23Cl2N3O3. The van der Waals surface area contributed by atoms with Gasteiger partial charge in [-0.05, 0) is 56.5 Å². The zero-order valence-corrected chi connectivity index (χ0v) is 16.5. The molecule has 2 aromatic rings. The molecule has 0 spiro atoms. The number of hydrogen-bond acceptors (Lipinski definition) is 4. The second-order valence-corrected chi connectivity index (χ2v) is 6.98. The summed E-state index contributed by atoms with van der Waals surface area (Å²) in [5, 5.41) is 6.23. The summed E-state index contributed by atoms with van der Waals surface area (Å²) < 4.78 is 5.16. The van der Waals surface area contributed by atoms with Crippen LogP contribution in [-0.4, -0.2) is 24.4 Å². The van der Waals surface area contributed by atoms with Gasteiger partial charge in [-0.2, -0.15) is 0 Å². The number of hydrogen-bond donors (Lipinski definition) is 3. The number of anilines is 1.